The van der Waals surface area contributed by atoms with E-state index in [4.69, 9.17) is 0 Å². The molecule has 0 saturated heterocycles. The van der Waals surface area contributed by atoms with Gasteiger partial charge in [-0.05, 0) is 56.2 Å². The molecule has 140 valence electrons. The molecule has 7 nitrogen and oxygen atoms in total. The van der Waals surface area contributed by atoms with Gasteiger partial charge in [0.1, 0.15) is 11.7 Å². The fourth-order valence-corrected chi connectivity index (χ4v) is 3.00. The molecule has 0 spiro atoms. The molecule has 2 aromatic heterocycles. The lowest BCUT2D eigenvalue weighted by Gasteiger charge is -2.09. The molecular weight excluding hydrogens is 354 g/mol. The molecular formula is C21H19N5O2. The zero-order valence-electron chi connectivity index (χ0n) is 15.8. The standard InChI is InChI=1S/C21H19N5O2/c1-13-5-4-6-16(9-13)20(27)24-25-12-22-19-18(21(25)28)11-23-26(19)17-8-7-14(2)15(3)10-17/h4-12H,1-3H3,(H,24,27). The van der Waals surface area contributed by atoms with E-state index in [1.807, 2.05) is 45.0 Å². The highest BCUT2D eigenvalue weighted by molar-refractivity contribution is 6.00. The van der Waals surface area contributed by atoms with Crippen LogP contribution in [-0.4, -0.2) is 25.3 Å². The third-order valence-corrected chi connectivity index (χ3v) is 4.73. The summed E-state index contributed by atoms with van der Waals surface area (Å²) in [5.41, 5.74) is 7.19. The summed E-state index contributed by atoms with van der Waals surface area (Å²) < 4.78 is 2.70. The van der Waals surface area contributed by atoms with Crippen molar-refractivity contribution in [2.45, 2.75) is 20.8 Å². The van der Waals surface area contributed by atoms with Crippen molar-refractivity contribution in [1.82, 2.24) is 19.4 Å². The van der Waals surface area contributed by atoms with Crippen LogP contribution in [0, 0.1) is 20.8 Å². The van der Waals surface area contributed by atoms with Gasteiger partial charge in [-0.2, -0.15) is 5.10 Å². The van der Waals surface area contributed by atoms with E-state index in [2.05, 4.69) is 15.5 Å². The van der Waals surface area contributed by atoms with Gasteiger partial charge in [0.25, 0.3) is 11.5 Å². The van der Waals surface area contributed by atoms with E-state index < -0.39 is 0 Å². The summed E-state index contributed by atoms with van der Waals surface area (Å²) in [5, 5.41) is 4.64. The molecule has 1 amide bonds. The SMILES string of the molecule is Cc1cccc(C(=O)Nn2cnc3c(cnn3-c3ccc(C)c(C)c3)c2=O)c1. The lowest BCUT2D eigenvalue weighted by Crippen LogP contribution is -2.33. The van der Waals surface area contributed by atoms with Crippen LogP contribution in [0.3, 0.4) is 0 Å². The minimum atomic E-state index is -0.388. The van der Waals surface area contributed by atoms with Gasteiger partial charge in [0.2, 0.25) is 0 Å². The van der Waals surface area contributed by atoms with Crippen molar-refractivity contribution in [3.05, 3.63) is 87.6 Å². The molecule has 0 unspecified atom stereocenters. The van der Waals surface area contributed by atoms with Crippen LogP contribution < -0.4 is 11.0 Å². The molecule has 0 aliphatic heterocycles. The Balaban J connectivity index is 1.71. The number of carbonyl (C=O) groups is 1. The molecule has 2 heterocycles. The monoisotopic (exact) mass is 373 g/mol. The van der Waals surface area contributed by atoms with E-state index in [0.29, 0.717) is 16.6 Å². The van der Waals surface area contributed by atoms with Crippen molar-refractivity contribution in [1.29, 1.82) is 0 Å². The zero-order chi connectivity index (χ0) is 19.8. The maximum atomic E-state index is 12.8. The van der Waals surface area contributed by atoms with Gasteiger partial charge in [-0.3, -0.25) is 15.0 Å². The highest BCUT2D eigenvalue weighted by atomic mass is 16.2. The molecule has 0 bridgehead atoms. The quantitative estimate of drug-likeness (QED) is 0.599. The normalized spacial score (nSPS) is 11.0. The summed E-state index contributed by atoms with van der Waals surface area (Å²) in [6.07, 6.45) is 2.77. The second kappa shape index (κ2) is 6.77. The fraction of sp³-hybridized carbons (Fsp3) is 0.143. The van der Waals surface area contributed by atoms with Gasteiger partial charge < -0.3 is 0 Å². The first kappa shape index (κ1) is 17.7. The molecule has 0 aliphatic rings. The Morgan fingerprint density at radius 2 is 1.86 bits per heavy atom. The second-order valence-electron chi connectivity index (χ2n) is 6.79. The van der Waals surface area contributed by atoms with Gasteiger partial charge in [-0.1, -0.05) is 23.8 Å². The molecule has 2 aromatic carbocycles. The maximum Gasteiger partial charge on any atom is 0.283 e. The van der Waals surface area contributed by atoms with Crippen LogP contribution in [0.25, 0.3) is 16.7 Å². The fourth-order valence-electron chi connectivity index (χ4n) is 3.00. The molecule has 0 saturated carbocycles. The van der Waals surface area contributed by atoms with Crippen LogP contribution in [0.2, 0.25) is 0 Å². The molecule has 0 fully saturated rings. The smallest absolute Gasteiger partial charge is 0.267 e. The third kappa shape index (κ3) is 3.07. The number of carbonyl (C=O) groups excluding carboxylic acids is 1. The van der Waals surface area contributed by atoms with Crippen LogP contribution >= 0.6 is 0 Å². The van der Waals surface area contributed by atoms with E-state index in [-0.39, 0.29) is 11.5 Å². The molecule has 28 heavy (non-hydrogen) atoms. The summed E-state index contributed by atoms with van der Waals surface area (Å²) in [5.74, 6) is -0.381. The van der Waals surface area contributed by atoms with Crippen LogP contribution in [0.1, 0.15) is 27.0 Å². The lowest BCUT2D eigenvalue weighted by atomic mass is 10.1. The van der Waals surface area contributed by atoms with Gasteiger partial charge in [0, 0.05) is 5.56 Å². The second-order valence-corrected chi connectivity index (χ2v) is 6.79. The predicted octanol–water partition coefficient (Wildman–Crippen LogP) is 2.89. The van der Waals surface area contributed by atoms with Crippen molar-refractivity contribution in [3.8, 4) is 5.69 Å². The molecule has 4 rings (SSSR count). The minimum Gasteiger partial charge on any atom is -0.267 e. The van der Waals surface area contributed by atoms with Crippen LogP contribution in [0.4, 0.5) is 0 Å². The van der Waals surface area contributed by atoms with Gasteiger partial charge in [0.05, 0.1) is 11.9 Å². The summed E-state index contributed by atoms with van der Waals surface area (Å²) in [6.45, 7) is 5.96. The first-order valence-corrected chi connectivity index (χ1v) is 8.85. The number of benzene rings is 2. The number of amides is 1. The Kier molecular flexibility index (Phi) is 4.27. The van der Waals surface area contributed by atoms with E-state index in [9.17, 15) is 9.59 Å². The molecule has 0 atom stereocenters. The number of hydrogen-bond donors (Lipinski definition) is 1. The van der Waals surface area contributed by atoms with Gasteiger partial charge in [-0.25, -0.2) is 14.3 Å². The highest BCUT2D eigenvalue weighted by Gasteiger charge is 2.14. The van der Waals surface area contributed by atoms with E-state index in [1.54, 1.807) is 22.9 Å². The van der Waals surface area contributed by atoms with Crippen LogP contribution in [-0.2, 0) is 0 Å². The molecule has 1 N–H and O–H groups in total. The average molecular weight is 373 g/mol. The van der Waals surface area contributed by atoms with Crippen LogP contribution in [0.5, 0.6) is 0 Å². The number of rotatable bonds is 3. The number of nitrogens with zero attached hydrogens (tertiary/aromatic N) is 4. The zero-order valence-corrected chi connectivity index (χ0v) is 15.8. The lowest BCUT2D eigenvalue weighted by molar-refractivity contribution is 0.101. The maximum absolute atomic E-state index is 12.8. The number of nitrogens with one attached hydrogen (secondary N) is 1. The Hall–Kier alpha value is -3.74. The molecule has 0 aliphatic carbocycles. The van der Waals surface area contributed by atoms with E-state index in [1.165, 1.54) is 18.1 Å². The molecule has 4 aromatic rings. The van der Waals surface area contributed by atoms with Gasteiger partial charge >= 0.3 is 0 Å². The number of fused-ring (bicyclic) bond motifs is 1. The first-order chi connectivity index (χ1) is 13.4. The van der Waals surface area contributed by atoms with Gasteiger partial charge in [-0.15, -0.1) is 0 Å². The Labute approximate surface area is 161 Å². The topological polar surface area (TPSA) is 81.8 Å². The Bertz CT molecular complexity index is 1270. The summed E-state index contributed by atoms with van der Waals surface area (Å²) in [6, 6.07) is 13.1. The molecule has 0 radical (unpaired) electrons. The van der Waals surface area contributed by atoms with E-state index >= 15 is 0 Å². The Morgan fingerprint density at radius 3 is 2.61 bits per heavy atom. The highest BCUT2D eigenvalue weighted by Crippen LogP contribution is 2.17. The number of hydrogen-bond acceptors (Lipinski definition) is 4. The van der Waals surface area contributed by atoms with Crippen LogP contribution in [0.15, 0.2) is 59.8 Å². The van der Waals surface area contributed by atoms with Crippen molar-refractivity contribution >= 4 is 16.9 Å². The molecule has 7 heteroatoms. The van der Waals surface area contributed by atoms with Crippen molar-refractivity contribution in [2.24, 2.45) is 0 Å². The minimum absolute atomic E-state index is 0.324. The number of aryl methyl sites for hydroxylation is 3. The summed E-state index contributed by atoms with van der Waals surface area (Å²) in [7, 11) is 0. The first-order valence-electron chi connectivity index (χ1n) is 8.85. The largest absolute Gasteiger partial charge is 0.283 e. The predicted molar refractivity (Wildman–Crippen MR) is 107 cm³/mol. The van der Waals surface area contributed by atoms with Gasteiger partial charge in [0.15, 0.2) is 5.65 Å². The van der Waals surface area contributed by atoms with E-state index in [0.717, 1.165) is 21.5 Å². The Morgan fingerprint density at radius 1 is 1.04 bits per heavy atom. The average Bonchev–Trinajstić information content (AvgIpc) is 3.11. The third-order valence-electron chi connectivity index (χ3n) is 4.73. The number of aromatic nitrogens is 4. The van der Waals surface area contributed by atoms with Crippen molar-refractivity contribution < 1.29 is 4.79 Å². The summed E-state index contributed by atoms with van der Waals surface area (Å²) in [4.78, 5) is 29.6. The van der Waals surface area contributed by atoms with Crippen molar-refractivity contribution in [2.75, 3.05) is 5.43 Å². The summed E-state index contributed by atoms with van der Waals surface area (Å²) >= 11 is 0. The van der Waals surface area contributed by atoms with Crippen molar-refractivity contribution in [3.63, 3.8) is 0 Å².